The van der Waals surface area contributed by atoms with Gasteiger partial charge in [0.05, 0.1) is 34.3 Å². The first kappa shape index (κ1) is 12.7. The monoisotopic (exact) mass is 284 g/mol. The Hall–Kier alpha value is -1.72. The minimum absolute atomic E-state index is 0.252. The lowest BCUT2D eigenvalue weighted by Crippen LogP contribution is -2.23. The molecule has 1 aromatic carbocycles. The number of aromatic nitrogens is 2. The Morgan fingerprint density at radius 1 is 1.44 bits per heavy atom. The van der Waals surface area contributed by atoms with Crippen LogP contribution in [-0.2, 0) is 6.54 Å². The molecule has 0 saturated carbocycles. The van der Waals surface area contributed by atoms with Crippen LogP contribution >= 0.6 is 23.2 Å². The molecule has 1 heterocycles. The molecule has 94 valence electrons. The van der Waals surface area contributed by atoms with Gasteiger partial charge in [0.2, 0.25) is 0 Å². The van der Waals surface area contributed by atoms with Crippen molar-refractivity contribution in [2.45, 2.75) is 6.54 Å². The van der Waals surface area contributed by atoms with Crippen LogP contribution in [0.15, 0.2) is 24.7 Å². The normalized spacial score (nSPS) is 10.3. The molecule has 2 aromatic rings. The predicted octanol–water partition coefficient (Wildman–Crippen LogP) is 2.23. The molecule has 0 atom stereocenters. The van der Waals surface area contributed by atoms with Gasteiger partial charge in [-0.15, -0.1) is 0 Å². The number of carbonyl (C=O) groups is 1. The number of H-pyrrole nitrogens is 1. The summed E-state index contributed by atoms with van der Waals surface area (Å²) >= 11 is 11.7. The van der Waals surface area contributed by atoms with Crippen molar-refractivity contribution in [3.8, 4) is 0 Å². The summed E-state index contributed by atoms with van der Waals surface area (Å²) < 4.78 is 0. The summed E-state index contributed by atoms with van der Waals surface area (Å²) in [4.78, 5) is 18.6. The van der Waals surface area contributed by atoms with E-state index in [1.165, 1.54) is 12.1 Å². The highest BCUT2D eigenvalue weighted by atomic mass is 35.5. The Kier molecular flexibility index (Phi) is 3.74. The number of halogens is 2. The molecule has 0 spiro atoms. The summed E-state index contributed by atoms with van der Waals surface area (Å²) in [5.41, 5.74) is 7.08. The molecule has 7 heteroatoms. The van der Waals surface area contributed by atoms with Gasteiger partial charge in [-0.1, -0.05) is 23.2 Å². The average molecular weight is 285 g/mol. The standard InChI is InChI=1S/C11H10Cl2N4O/c12-8-1-6(2-9(14)10(8)13)11(18)16-4-7-3-15-5-17-7/h1-3,5H,4,14H2,(H,15,17)(H,16,18). The number of nitrogens with zero attached hydrogens (tertiary/aromatic N) is 1. The molecule has 2 rings (SSSR count). The highest BCUT2D eigenvalue weighted by Gasteiger charge is 2.11. The third-order valence-corrected chi connectivity index (χ3v) is 3.13. The van der Waals surface area contributed by atoms with Gasteiger partial charge in [0.1, 0.15) is 0 Å². The van der Waals surface area contributed by atoms with E-state index in [2.05, 4.69) is 15.3 Å². The van der Waals surface area contributed by atoms with Crippen molar-refractivity contribution in [2.75, 3.05) is 5.73 Å². The number of amides is 1. The Bertz CT molecular complexity index is 545. The number of anilines is 1. The molecule has 0 aliphatic rings. The number of rotatable bonds is 3. The number of aromatic amines is 1. The Balaban J connectivity index is 2.09. The summed E-state index contributed by atoms with van der Waals surface area (Å²) in [5.74, 6) is -0.283. The largest absolute Gasteiger partial charge is 0.397 e. The first-order valence-corrected chi connectivity index (χ1v) is 5.83. The number of nitrogen functional groups attached to an aromatic ring is 1. The quantitative estimate of drug-likeness (QED) is 0.756. The van der Waals surface area contributed by atoms with Crippen molar-refractivity contribution >= 4 is 34.8 Å². The molecular weight excluding hydrogens is 275 g/mol. The number of nitrogens with one attached hydrogen (secondary N) is 2. The molecule has 0 fully saturated rings. The Morgan fingerprint density at radius 3 is 2.83 bits per heavy atom. The molecule has 5 nitrogen and oxygen atoms in total. The van der Waals surface area contributed by atoms with Crippen LogP contribution in [0.2, 0.25) is 10.0 Å². The van der Waals surface area contributed by atoms with Crippen LogP contribution in [0, 0.1) is 0 Å². The second-order valence-electron chi connectivity index (χ2n) is 3.62. The van der Waals surface area contributed by atoms with Crippen molar-refractivity contribution in [2.24, 2.45) is 0 Å². The molecule has 1 aromatic heterocycles. The zero-order valence-corrected chi connectivity index (χ0v) is 10.7. The maximum Gasteiger partial charge on any atom is 0.251 e. The second-order valence-corrected chi connectivity index (χ2v) is 4.41. The van der Waals surface area contributed by atoms with Crippen LogP contribution in [0.4, 0.5) is 5.69 Å². The number of hydrogen-bond acceptors (Lipinski definition) is 3. The fraction of sp³-hybridized carbons (Fsp3) is 0.0909. The molecule has 0 bridgehead atoms. The molecule has 1 amide bonds. The summed E-state index contributed by atoms with van der Waals surface area (Å²) in [5, 5.41) is 3.21. The first-order valence-electron chi connectivity index (χ1n) is 5.08. The van der Waals surface area contributed by atoms with E-state index in [-0.39, 0.29) is 21.6 Å². The third-order valence-electron chi connectivity index (χ3n) is 2.31. The maximum absolute atomic E-state index is 11.9. The molecule has 0 saturated heterocycles. The van der Waals surface area contributed by atoms with E-state index in [9.17, 15) is 4.79 Å². The lowest BCUT2D eigenvalue weighted by atomic mass is 10.2. The molecular formula is C11H10Cl2N4O. The minimum atomic E-state index is -0.283. The van der Waals surface area contributed by atoms with Crippen molar-refractivity contribution in [1.82, 2.24) is 15.3 Å². The molecule has 0 aliphatic heterocycles. The number of imidazole rings is 1. The molecule has 0 aliphatic carbocycles. The Labute approximate surface area is 113 Å². The van der Waals surface area contributed by atoms with Gasteiger partial charge in [-0.3, -0.25) is 4.79 Å². The topological polar surface area (TPSA) is 83.8 Å². The number of hydrogen-bond donors (Lipinski definition) is 3. The summed E-state index contributed by atoms with van der Waals surface area (Å²) in [7, 11) is 0. The van der Waals surface area contributed by atoms with Crippen LogP contribution in [-0.4, -0.2) is 15.9 Å². The molecule has 4 N–H and O–H groups in total. The predicted molar refractivity (Wildman–Crippen MR) is 70.6 cm³/mol. The van der Waals surface area contributed by atoms with Crippen LogP contribution in [0.3, 0.4) is 0 Å². The summed E-state index contributed by atoms with van der Waals surface area (Å²) in [6, 6.07) is 2.96. The lowest BCUT2D eigenvalue weighted by Gasteiger charge is -2.07. The maximum atomic E-state index is 11.9. The van der Waals surface area contributed by atoms with Crippen LogP contribution in [0.25, 0.3) is 0 Å². The fourth-order valence-corrected chi connectivity index (χ4v) is 1.74. The highest BCUT2D eigenvalue weighted by molar-refractivity contribution is 6.43. The van der Waals surface area contributed by atoms with E-state index in [0.717, 1.165) is 5.69 Å². The van der Waals surface area contributed by atoms with Crippen LogP contribution < -0.4 is 11.1 Å². The van der Waals surface area contributed by atoms with Crippen molar-refractivity contribution < 1.29 is 4.79 Å². The zero-order valence-electron chi connectivity index (χ0n) is 9.21. The van der Waals surface area contributed by atoms with Gasteiger partial charge in [0.25, 0.3) is 5.91 Å². The van der Waals surface area contributed by atoms with Crippen molar-refractivity contribution in [3.63, 3.8) is 0 Å². The van der Waals surface area contributed by atoms with Crippen molar-refractivity contribution in [1.29, 1.82) is 0 Å². The Morgan fingerprint density at radius 2 is 2.22 bits per heavy atom. The van der Waals surface area contributed by atoms with Crippen LogP contribution in [0.1, 0.15) is 16.1 Å². The number of carbonyl (C=O) groups excluding carboxylic acids is 1. The third kappa shape index (κ3) is 2.75. The van der Waals surface area contributed by atoms with Crippen molar-refractivity contribution in [3.05, 3.63) is 46.0 Å². The van der Waals surface area contributed by atoms with E-state index >= 15 is 0 Å². The van der Waals surface area contributed by atoms with E-state index < -0.39 is 0 Å². The van der Waals surface area contributed by atoms with Gasteiger partial charge in [-0.25, -0.2) is 4.98 Å². The number of benzene rings is 1. The van der Waals surface area contributed by atoms with Gasteiger partial charge in [-0.05, 0) is 12.1 Å². The second kappa shape index (κ2) is 5.29. The molecule has 18 heavy (non-hydrogen) atoms. The average Bonchev–Trinajstić information content (AvgIpc) is 2.85. The SMILES string of the molecule is Nc1cc(C(=O)NCc2cnc[nH]2)cc(Cl)c1Cl. The van der Waals surface area contributed by atoms with Gasteiger partial charge in [-0.2, -0.15) is 0 Å². The van der Waals surface area contributed by atoms with E-state index in [1.807, 2.05) is 0 Å². The summed E-state index contributed by atoms with van der Waals surface area (Å²) in [6.07, 6.45) is 3.17. The van der Waals surface area contributed by atoms with Gasteiger partial charge < -0.3 is 16.0 Å². The fourth-order valence-electron chi connectivity index (χ4n) is 1.40. The van der Waals surface area contributed by atoms with E-state index in [4.69, 9.17) is 28.9 Å². The highest BCUT2D eigenvalue weighted by Crippen LogP contribution is 2.29. The van der Waals surface area contributed by atoms with Gasteiger partial charge in [0.15, 0.2) is 0 Å². The summed E-state index contributed by atoms with van der Waals surface area (Å²) in [6.45, 7) is 0.346. The smallest absolute Gasteiger partial charge is 0.251 e. The zero-order chi connectivity index (χ0) is 13.1. The minimum Gasteiger partial charge on any atom is -0.397 e. The first-order chi connectivity index (χ1) is 8.58. The molecule has 0 radical (unpaired) electrons. The van der Waals surface area contributed by atoms with Gasteiger partial charge >= 0.3 is 0 Å². The van der Waals surface area contributed by atoms with E-state index in [1.54, 1.807) is 12.5 Å². The lowest BCUT2D eigenvalue weighted by molar-refractivity contribution is 0.0950. The molecule has 0 unspecified atom stereocenters. The van der Waals surface area contributed by atoms with Gasteiger partial charge in [0, 0.05) is 11.8 Å². The number of nitrogens with two attached hydrogens (primary N) is 1. The van der Waals surface area contributed by atoms with E-state index in [0.29, 0.717) is 12.1 Å². The van der Waals surface area contributed by atoms with Crippen LogP contribution in [0.5, 0.6) is 0 Å².